The fourth-order valence-corrected chi connectivity index (χ4v) is 3.44. The van der Waals surface area contributed by atoms with Gasteiger partial charge >= 0.3 is 6.36 Å². The average Bonchev–Trinajstić information content (AvgIpc) is 2.66. The maximum absolute atomic E-state index is 12.4. The molecule has 1 saturated heterocycles. The number of rotatable bonds is 5. The van der Waals surface area contributed by atoms with Crippen LogP contribution in [0, 0.1) is 6.92 Å². The van der Waals surface area contributed by atoms with Gasteiger partial charge in [-0.05, 0) is 24.6 Å². The Kier molecular flexibility index (Phi) is 9.64. The van der Waals surface area contributed by atoms with E-state index in [0.717, 1.165) is 13.1 Å². The van der Waals surface area contributed by atoms with Gasteiger partial charge in [0.05, 0.1) is 18.3 Å². The number of hydrogen-bond acceptors (Lipinski definition) is 6. The monoisotopic (exact) mass is 469 g/mol. The molecule has 3 N–H and O–H groups in total. The molecule has 2 heterocycles. The van der Waals surface area contributed by atoms with Crippen molar-refractivity contribution in [2.45, 2.75) is 25.9 Å². The van der Waals surface area contributed by atoms with Crippen LogP contribution in [0.1, 0.15) is 28.4 Å². The summed E-state index contributed by atoms with van der Waals surface area (Å²) in [6.07, 6.45) is -3.25. The highest BCUT2D eigenvalue weighted by Crippen LogP contribution is 2.38. The summed E-state index contributed by atoms with van der Waals surface area (Å²) in [6, 6.07) is 5.16. The zero-order valence-electron chi connectivity index (χ0n) is 16.1. The number of aliphatic hydroxyl groups excluding tert-OH is 1. The molecule has 3 rings (SSSR count). The Labute approximate surface area is 184 Å². The maximum atomic E-state index is 12.4. The van der Waals surface area contributed by atoms with Crippen LogP contribution in [-0.4, -0.2) is 52.6 Å². The summed E-state index contributed by atoms with van der Waals surface area (Å²) in [5.74, 6) is -0.335. The van der Waals surface area contributed by atoms with Gasteiger partial charge in [0.15, 0.2) is 0 Å². The van der Waals surface area contributed by atoms with Crippen molar-refractivity contribution < 1.29 is 28.1 Å². The summed E-state index contributed by atoms with van der Waals surface area (Å²) >= 11 is 0. The first-order valence-corrected chi connectivity index (χ1v) is 8.89. The van der Waals surface area contributed by atoms with E-state index < -0.39 is 12.4 Å². The van der Waals surface area contributed by atoms with Crippen molar-refractivity contribution in [3.8, 4) is 11.5 Å². The minimum atomic E-state index is -4.76. The van der Waals surface area contributed by atoms with Gasteiger partial charge in [0.1, 0.15) is 11.5 Å². The molecule has 6 nitrogen and oxygen atoms in total. The Morgan fingerprint density at radius 3 is 2.30 bits per heavy atom. The van der Waals surface area contributed by atoms with E-state index in [2.05, 4.69) is 19.9 Å². The first-order chi connectivity index (χ1) is 13.3. The number of aryl methyl sites for hydroxylation is 1. The fourth-order valence-electron chi connectivity index (χ4n) is 3.44. The summed E-state index contributed by atoms with van der Waals surface area (Å²) in [6.45, 7) is 4.19. The van der Waals surface area contributed by atoms with Gasteiger partial charge in [0.2, 0.25) is 0 Å². The molecule has 11 heteroatoms. The molecule has 1 atom stereocenters. The van der Waals surface area contributed by atoms with Crippen LogP contribution in [0.25, 0.3) is 0 Å². The number of alkyl halides is 3. The van der Waals surface area contributed by atoms with Gasteiger partial charge in [-0.15, -0.1) is 38.0 Å². The summed E-state index contributed by atoms with van der Waals surface area (Å²) in [5.41, 5.74) is 2.10. The van der Waals surface area contributed by atoms with Crippen molar-refractivity contribution in [1.82, 2.24) is 15.2 Å². The van der Waals surface area contributed by atoms with Crippen LogP contribution >= 0.6 is 24.8 Å². The second-order valence-corrected chi connectivity index (χ2v) is 6.59. The van der Waals surface area contributed by atoms with Gasteiger partial charge < -0.3 is 20.3 Å². The van der Waals surface area contributed by atoms with E-state index >= 15 is 0 Å². The second kappa shape index (κ2) is 11.0. The Hall–Kier alpha value is -1.78. The minimum absolute atomic E-state index is 0. The molecule has 0 aliphatic carbocycles. The molecule has 2 aromatic rings. The second-order valence-electron chi connectivity index (χ2n) is 6.59. The molecule has 1 aliphatic heterocycles. The lowest BCUT2D eigenvalue weighted by Crippen LogP contribution is -2.45. The third kappa shape index (κ3) is 6.12. The standard InChI is InChI=1S/C19H22F3N3O3.2ClH/c1-12-18(27)16(14(11-26)10-24-12)17(25-8-6-23-7-9-25)13-2-4-15(5-3-13)28-19(20,21)22;;/h2-5,10,17,23,26-27H,6-9,11H2,1H3;2*1H/t17-;;/m0../s1. The Morgan fingerprint density at radius 2 is 1.77 bits per heavy atom. The Morgan fingerprint density at radius 1 is 1.17 bits per heavy atom. The number of aromatic nitrogens is 1. The van der Waals surface area contributed by atoms with Crippen LogP contribution in [0.4, 0.5) is 13.2 Å². The van der Waals surface area contributed by atoms with Crippen molar-refractivity contribution in [3.63, 3.8) is 0 Å². The topological polar surface area (TPSA) is 77.9 Å². The van der Waals surface area contributed by atoms with Crippen LogP contribution < -0.4 is 10.1 Å². The Bertz CT molecular complexity index is 817. The first-order valence-electron chi connectivity index (χ1n) is 8.89. The molecular formula is C19H24Cl2F3N3O3. The Balaban J connectivity index is 0.00000225. The molecule has 0 bridgehead atoms. The number of benzene rings is 1. The number of nitrogens with one attached hydrogen (secondary N) is 1. The molecule has 30 heavy (non-hydrogen) atoms. The average molecular weight is 470 g/mol. The van der Waals surface area contributed by atoms with Crippen molar-refractivity contribution in [1.29, 1.82) is 0 Å². The van der Waals surface area contributed by atoms with Crippen LogP contribution in [-0.2, 0) is 6.61 Å². The van der Waals surface area contributed by atoms with Crippen molar-refractivity contribution in [3.05, 3.63) is 52.8 Å². The highest BCUT2D eigenvalue weighted by Gasteiger charge is 2.32. The van der Waals surface area contributed by atoms with Gasteiger partial charge in [-0.2, -0.15) is 0 Å². The maximum Gasteiger partial charge on any atom is 0.573 e. The van der Waals surface area contributed by atoms with E-state index in [4.69, 9.17) is 0 Å². The van der Waals surface area contributed by atoms with Crippen molar-refractivity contribution >= 4 is 24.8 Å². The highest BCUT2D eigenvalue weighted by atomic mass is 35.5. The summed E-state index contributed by atoms with van der Waals surface area (Å²) in [5, 5.41) is 23.7. The number of aliphatic hydroxyl groups is 1. The predicted molar refractivity (Wildman–Crippen MR) is 110 cm³/mol. The lowest BCUT2D eigenvalue weighted by Gasteiger charge is -2.36. The number of aromatic hydroxyl groups is 1. The zero-order chi connectivity index (χ0) is 20.3. The number of pyridine rings is 1. The summed E-state index contributed by atoms with van der Waals surface area (Å²) in [4.78, 5) is 6.21. The predicted octanol–water partition coefficient (Wildman–Crippen LogP) is 3.32. The molecule has 0 amide bonds. The quantitative estimate of drug-likeness (QED) is 0.623. The smallest absolute Gasteiger partial charge is 0.506 e. The largest absolute Gasteiger partial charge is 0.573 e. The summed E-state index contributed by atoms with van der Waals surface area (Å²) < 4.78 is 41.3. The van der Waals surface area contributed by atoms with Gasteiger partial charge in [-0.25, -0.2) is 0 Å². The number of hydrogen-bond donors (Lipinski definition) is 3. The van der Waals surface area contributed by atoms with E-state index in [0.29, 0.717) is 35.5 Å². The number of ether oxygens (including phenoxy) is 1. The van der Waals surface area contributed by atoms with Gasteiger partial charge in [-0.1, -0.05) is 12.1 Å². The van der Waals surface area contributed by atoms with E-state index in [9.17, 15) is 23.4 Å². The molecule has 1 aromatic heterocycles. The number of halogens is 5. The molecular weight excluding hydrogens is 446 g/mol. The van der Waals surface area contributed by atoms with Crippen LogP contribution in [0.2, 0.25) is 0 Å². The highest BCUT2D eigenvalue weighted by molar-refractivity contribution is 5.85. The lowest BCUT2D eigenvalue weighted by atomic mass is 9.92. The number of piperazine rings is 1. The van der Waals surface area contributed by atoms with Gasteiger partial charge in [0, 0.05) is 43.5 Å². The summed E-state index contributed by atoms with van der Waals surface area (Å²) in [7, 11) is 0. The minimum Gasteiger partial charge on any atom is -0.506 e. The van der Waals surface area contributed by atoms with Crippen molar-refractivity contribution in [2.24, 2.45) is 0 Å². The molecule has 1 aliphatic rings. The van der Waals surface area contributed by atoms with E-state index in [1.807, 2.05) is 0 Å². The van der Waals surface area contributed by atoms with E-state index in [-0.39, 0.29) is 42.9 Å². The van der Waals surface area contributed by atoms with Gasteiger partial charge in [-0.3, -0.25) is 9.88 Å². The molecule has 0 spiro atoms. The lowest BCUT2D eigenvalue weighted by molar-refractivity contribution is -0.274. The first kappa shape index (κ1) is 26.3. The SMILES string of the molecule is Cc1ncc(CO)c([C@H](c2ccc(OC(F)(F)F)cc2)N2CCNCC2)c1O.Cl.Cl. The molecule has 1 fully saturated rings. The van der Waals surface area contributed by atoms with Crippen LogP contribution in [0.5, 0.6) is 11.5 Å². The third-order valence-corrected chi connectivity index (χ3v) is 4.75. The van der Waals surface area contributed by atoms with E-state index in [1.54, 1.807) is 19.1 Å². The zero-order valence-corrected chi connectivity index (χ0v) is 17.8. The fraction of sp³-hybridized carbons (Fsp3) is 0.421. The van der Waals surface area contributed by atoms with Crippen molar-refractivity contribution in [2.75, 3.05) is 26.2 Å². The number of nitrogens with zero attached hydrogens (tertiary/aromatic N) is 2. The van der Waals surface area contributed by atoms with Crippen LogP contribution in [0.3, 0.4) is 0 Å². The van der Waals surface area contributed by atoms with Crippen LogP contribution in [0.15, 0.2) is 30.5 Å². The molecule has 0 saturated carbocycles. The van der Waals surface area contributed by atoms with Gasteiger partial charge in [0.25, 0.3) is 0 Å². The molecule has 1 aromatic carbocycles. The van der Waals surface area contributed by atoms with E-state index in [1.165, 1.54) is 18.3 Å². The third-order valence-electron chi connectivity index (χ3n) is 4.75. The molecule has 168 valence electrons. The molecule has 0 unspecified atom stereocenters. The molecule has 0 radical (unpaired) electrons. The normalized spacial score (nSPS) is 15.6.